The smallest absolute Gasteiger partial charge is 0.331 e. The van der Waals surface area contributed by atoms with E-state index in [2.05, 4.69) is 13.8 Å². The Balaban J connectivity index is 1.34. The Hall–Kier alpha value is -0.870. The van der Waals surface area contributed by atoms with Gasteiger partial charge < -0.3 is 14.6 Å². The largest absolute Gasteiger partial charge is 0.458 e. The first kappa shape index (κ1) is 17.0. The third-order valence-electron chi connectivity index (χ3n) is 10.2. The zero-order valence-corrected chi connectivity index (χ0v) is 16.6. The van der Waals surface area contributed by atoms with Gasteiger partial charge in [-0.25, -0.2) is 4.79 Å². The predicted octanol–water partition coefficient (Wildman–Crippen LogP) is 3.62. The summed E-state index contributed by atoms with van der Waals surface area (Å²) in [5, 5.41) is 10.2. The number of hydrogen-bond acceptors (Lipinski definition) is 4. The number of hydrogen-bond donors (Lipinski definition) is 1. The minimum Gasteiger partial charge on any atom is -0.458 e. The minimum atomic E-state index is -0.161. The molecule has 4 saturated carbocycles. The summed E-state index contributed by atoms with van der Waals surface area (Å²) in [7, 11) is 0. The lowest BCUT2D eigenvalue weighted by Gasteiger charge is -2.61. The van der Waals surface area contributed by atoms with Crippen molar-refractivity contribution in [2.75, 3.05) is 6.61 Å². The van der Waals surface area contributed by atoms with E-state index in [-0.39, 0.29) is 23.1 Å². The SMILES string of the molecule is C[C@]12CC[C@H](O)C[C@H]1CC[C@@H]1[C@@H]2CC[C@]2(C)[C@@H](C3=CC(=O)OC3)C[C@H]3O[C@]132. The van der Waals surface area contributed by atoms with Gasteiger partial charge in [-0.05, 0) is 86.0 Å². The van der Waals surface area contributed by atoms with Crippen molar-refractivity contribution >= 4 is 5.97 Å². The van der Waals surface area contributed by atoms with Crippen LogP contribution in [0, 0.1) is 34.5 Å². The molecular formula is C23H32O4. The zero-order chi connectivity index (χ0) is 18.6. The van der Waals surface area contributed by atoms with Crippen LogP contribution in [0.3, 0.4) is 0 Å². The summed E-state index contributed by atoms with van der Waals surface area (Å²) in [5.41, 5.74) is 1.78. The quantitative estimate of drug-likeness (QED) is 0.564. The summed E-state index contributed by atoms with van der Waals surface area (Å²) >= 11 is 0. The van der Waals surface area contributed by atoms with Crippen LogP contribution in [-0.2, 0) is 14.3 Å². The van der Waals surface area contributed by atoms with Gasteiger partial charge in [0.25, 0.3) is 0 Å². The Kier molecular flexibility index (Phi) is 3.27. The molecule has 4 heteroatoms. The van der Waals surface area contributed by atoms with Crippen LogP contribution in [0.4, 0.5) is 0 Å². The van der Waals surface area contributed by atoms with Crippen LogP contribution in [0.2, 0.25) is 0 Å². The lowest BCUT2D eigenvalue weighted by molar-refractivity contribution is -0.143. The molecule has 1 saturated heterocycles. The van der Waals surface area contributed by atoms with Crippen LogP contribution in [0.5, 0.6) is 0 Å². The van der Waals surface area contributed by atoms with Gasteiger partial charge in [-0.1, -0.05) is 13.8 Å². The van der Waals surface area contributed by atoms with Crippen molar-refractivity contribution in [2.24, 2.45) is 34.5 Å². The number of ether oxygens (including phenoxy) is 2. The highest BCUT2D eigenvalue weighted by atomic mass is 16.6. The standard InChI is InChI=1S/C23H32O4/c1-21-7-5-15(24)10-14(21)3-4-17-16(21)6-8-22(2)18(11-19-23(17,22)27-19)13-9-20(25)26-12-13/h9,14-19,24H,3-8,10-12H2,1-2H3/t14-,15+,16+,17-,18-,19-,21+,22-,23-/m1/s1. The average Bonchev–Trinajstić information content (AvgIpc) is 3.09. The number of carbonyl (C=O) groups excluding carboxylic acids is 1. The fraction of sp³-hybridized carbons (Fsp3) is 0.870. The van der Waals surface area contributed by atoms with E-state index >= 15 is 0 Å². The zero-order valence-electron chi connectivity index (χ0n) is 16.6. The van der Waals surface area contributed by atoms with E-state index in [0.717, 1.165) is 25.2 Å². The monoisotopic (exact) mass is 372 g/mol. The maximum absolute atomic E-state index is 11.7. The van der Waals surface area contributed by atoms with Gasteiger partial charge in [0.1, 0.15) is 12.2 Å². The molecule has 1 N–H and O–H groups in total. The Morgan fingerprint density at radius 2 is 1.93 bits per heavy atom. The van der Waals surface area contributed by atoms with Gasteiger partial charge in [0, 0.05) is 11.5 Å². The van der Waals surface area contributed by atoms with E-state index < -0.39 is 0 Å². The summed E-state index contributed by atoms with van der Waals surface area (Å²) in [6.45, 7) is 5.47. The summed E-state index contributed by atoms with van der Waals surface area (Å²) < 4.78 is 11.8. The molecule has 0 aromatic rings. The highest BCUT2D eigenvalue weighted by Crippen LogP contribution is 2.77. The van der Waals surface area contributed by atoms with Crippen molar-refractivity contribution in [1.82, 2.24) is 0 Å². The number of cyclic esters (lactones) is 1. The molecule has 0 aromatic heterocycles. The van der Waals surface area contributed by atoms with E-state index in [0.29, 0.717) is 35.9 Å². The number of epoxide rings is 1. The van der Waals surface area contributed by atoms with E-state index in [9.17, 15) is 9.90 Å². The van der Waals surface area contributed by atoms with E-state index in [1.54, 1.807) is 6.08 Å². The van der Waals surface area contributed by atoms with E-state index in [4.69, 9.17) is 9.47 Å². The Labute approximate surface area is 161 Å². The van der Waals surface area contributed by atoms with Gasteiger partial charge in [0.15, 0.2) is 0 Å². The molecule has 0 amide bonds. The van der Waals surface area contributed by atoms with Gasteiger partial charge in [0.2, 0.25) is 0 Å². The van der Waals surface area contributed by atoms with Gasteiger partial charge in [-0.2, -0.15) is 0 Å². The average molecular weight is 373 g/mol. The van der Waals surface area contributed by atoms with Crippen molar-refractivity contribution in [3.05, 3.63) is 11.6 Å². The minimum absolute atomic E-state index is 0.0388. The Bertz CT molecular complexity index is 730. The third kappa shape index (κ3) is 1.95. The highest BCUT2D eigenvalue weighted by Gasteiger charge is 2.80. The summed E-state index contributed by atoms with van der Waals surface area (Å²) in [4.78, 5) is 11.7. The Morgan fingerprint density at radius 1 is 1.07 bits per heavy atom. The van der Waals surface area contributed by atoms with Crippen LogP contribution in [-0.4, -0.2) is 35.5 Å². The fourth-order valence-electron chi connectivity index (χ4n) is 8.82. The normalized spacial score (nSPS) is 58.5. The molecule has 6 rings (SSSR count). The first-order chi connectivity index (χ1) is 12.9. The molecule has 9 atom stereocenters. The molecule has 0 aromatic carbocycles. The summed E-state index contributed by atoms with van der Waals surface area (Å²) in [6.07, 6.45) is 11.3. The highest BCUT2D eigenvalue weighted by molar-refractivity contribution is 5.85. The van der Waals surface area contributed by atoms with Crippen molar-refractivity contribution in [2.45, 2.75) is 83.0 Å². The maximum atomic E-state index is 11.7. The molecule has 2 heterocycles. The molecule has 2 aliphatic heterocycles. The van der Waals surface area contributed by atoms with Crippen LogP contribution >= 0.6 is 0 Å². The van der Waals surface area contributed by atoms with E-state index in [1.165, 1.54) is 37.7 Å². The molecule has 0 unspecified atom stereocenters. The molecule has 0 radical (unpaired) electrons. The van der Waals surface area contributed by atoms with Gasteiger partial charge in [-0.15, -0.1) is 0 Å². The molecule has 148 valence electrons. The van der Waals surface area contributed by atoms with Crippen molar-refractivity contribution in [1.29, 1.82) is 0 Å². The van der Waals surface area contributed by atoms with Gasteiger partial charge in [-0.3, -0.25) is 0 Å². The lowest BCUT2D eigenvalue weighted by atomic mass is 9.44. The first-order valence-electron chi connectivity index (χ1n) is 11.1. The second-order valence-corrected chi connectivity index (χ2v) is 10.9. The third-order valence-corrected chi connectivity index (χ3v) is 10.2. The molecular weight excluding hydrogens is 340 g/mol. The summed E-state index contributed by atoms with van der Waals surface area (Å²) in [6, 6.07) is 0. The van der Waals surface area contributed by atoms with Crippen molar-refractivity contribution < 1.29 is 19.4 Å². The number of aliphatic hydroxyl groups excluding tert-OH is 1. The van der Waals surface area contributed by atoms with Crippen LogP contribution in [0.1, 0.15) is 65.2 Å². The summed E-state index contributed by atoms with van der Waals surface area (Å²) in [5.74, 6) is 2.35. The molecule has 4 nitrogen and oxygen atoms in total. The van der Waals surface area contributed by atoms with Crippen molar-refractivity contribution in [3.8, 4) is 0 Å². The molecule has 0 bridgehead atoms. The van der Waals surface area contributed by atoms with Gasteiger partial charge in [0.05, 0.1) is 12.2 Å². The maximum Gasteiger partial charge on any atom is 0.331 e. The van der Waals surface area contributed by atoms with Crippen LogP contribution in [0.15, 0.2) is 11.6 Å². The molecule has 6 aliphatic rings. The Morgan fingerprint density at radius 3 is 2.70 bits per heavy atom. The van der Waals surface area contributed by atoms with E-state index in [1.807, 2.05) is 0 Å². The van der Waals surface area contributed by atoms with Crippen molar-refractivity contribution in [3.63, 3.8) is 0 Å². The number of carbonyl (C=O) groups is 1. The number of esters is 1. The molecule has 4 aliphatic carbocycles. The number of rotatable bonds is 1. The van der Waals surface area contributed by atoms with Gasteiger partial charge >= 0.3 is 5.97 Å². The predicted molar refractivity (Wildman–Crippen MR) is 99.8 cm³/mol. The molecule has 27 heavy (non-hydrogen) atoms. The second-order valence-electron chi connectivity index (χ2n) is 10.9. The van der Waals surface area contributed by atoms with Crippen LogP contribution < -0.4 is 0 Å². The molecule has 5 fully saturated rings. The second kappa shape index (κ2) is 5.18. The fourth-order valence-corrected chi connectivity index (χ4v) is 8.82. The lowest BCUT2D eigenvalue weighted by Crippen LogP contribution is -2.58. The number of fused-ring (bicyclic) bond motifs is 3. The first-order valence-corrected chi connectivity index (χ1v) is 11.1. The topological polar surface area (TPSA) is 59.1 Å². The van der Waals surface area contributed by atoms with Crippen LogP contribution in [0.25, 0.3) is 0 Å². The molecule has 1 spiro atoms. The number of aliphatic hydroxyl groups is 1.